The summed E-state index contributed by atoms with van der Waals surface area (Å²) in [7, 11) is 0. The number of hydrogen-bond donors (Lipinski definition) is 0. The van der Waals surface area contributed by atoms with Crippen LogP contribution in [0.5, 0.6) is 0 Å². The molecule has 0 aliphatic rings. The summed E-state index contributed by atoms with van der Waals surface area (Å²) in [4.78, 5) is 32.1. The van der Waals surface area contributed by atoms with E-state index in [1.54, 1.807) is 19.9 Å². The first kappa shape index (κ1) is 23.4. The lowest BCUT2D eigenvalue weighted by molar-refractivity contribution is -0.145. The molecule has 0 saturated heterocycles. The molecule has 0 unspecified atom stereocenters. The molecule has 0 atom stereocenters. The first-order chi connectivity index (χ1) is 14.9. The Morgan fingerprint density at radius 2 is 1.66 bits per heavy atom. The number of aryl methyl sites for hydroxylation is 5. The van der Waals surface area contributed by atoms with Crippen LogP contribution in [0.3, 0.4) is 0 Å². The van der Waals surface area contributed by atoms with Gasteiger partial charge in [-0.05, 0) is 69.4 Å². The minimum atomic E-state index is -4.68. The highest BCUT2D eigenvalue weighted by atomic mass is 19.4. The number of halogens is 3. The molecule has 170 valence electrons. The van der Waals surface area contributed by atoms with Crippen molar-refractivity contribution in [2.75, 3.05) is 6.61 Å². The van der Waals surface area contributed by atoms with E-state index in [1.807, 2.05) is 26.8 Å². The van der Waals surface area contributed by atoms with Gasteiger partial charge in [0.2, 0.25) is 5.78 Å². The van der Waals surface area contributed by atoms with Gasteiger partial charge in [-0.1, -0.05) is 6.07 Å². The number of esters is 1. The highest BCUT2D eigenvalue weighted by Gasteiger charge is 2.37. The van der Waals surface area contributed by atoms with E-state index < -0.39 is 18.0 Å². The normalized spacial score (nSPS) is 11.8. The molecule has 0 amide bonds. The van der Waals surface area contributed by atoms with Gasteiger partial charge in [0.05, 0.1) is 0 Å². The number of carbonyl (C=O) groups excluding carboxylic acids is 2. The fraction of sp³-hybridized carbons (Fsp3) is 0.409. The number of carbonyl (C=O) groups is 2. The number of ketones is 1. The summed E-state index contributed by atoms with van der Waals surface area (Å²) in [6.07, 6.45) is -4.56. The Morgan fingerprint density at radius 3 is 2.31 bits per heavy atom. The second-order valence-corrected chi connectivity index (χ2v) is 7.74. The van der Waals surface area contributed by atoms with Crippen LogP contribution in [-0.2, 0) is 22.1 Å². The zero-order valence-electron chi connectivity index (χ0n) is 18.4. The van der Waals surface area contributed by atoms with Crippen molar-refractivity contribution >= 4 is 17.5 Å². The van der Waals surface area contributed by atoms with Crippen LogP contribution in [0.4, 0.5) is 13.2 Å². The van der Waals surface area contributed by atoms with Gasteiger partial charge in [0.1, 0.15) is 0 Å². The number of hydrogen-bond acceptors (Lipinski definition) is 6. The monoisotopic (exact) mass is 448 g/mol. The number of fused-ring (bicyclic) bond motifs is 1. The van der Waals surface area contributed by atoms with Crippen LogP contribution in [0.15, 0.2) is 12.1 Å². The van der Waals surface area contributed by atoms with Crippen molar-refractivity contribution in [3.63, 3.8) is 0 Å². The van der Waals surface area contributed by atoms with Gasteiger partial charge < -0.3 is 4.74 Å². The summed E-state index contributed by atoms with van der Waals surface area (Å²) in [5.41, 5.74) is 4.79. The fourth-order valence-corrected chi connectivity index (χ4v) is 3.47. The summed E-state index contributed by atoms with van der Waals surface area (Å²) >= 11 is 0. The molecule has 0 aliphatic carbocycles. The van der Waals surface area contributed by atoms with E-state index in [9.17, 15) is 22.8 Å². The molecule has 10 heteroatoms. The van der Waals surface area contributed by atoms with Crippen molar-refractivity contribution in [1.82, 2.24) is 19.6 Å². The van der Waals surface area contributed by atoms with Crippen molar-refractivity contribution in [3.05, 3.63) is 57.2 Å². The number of benzene rings is 1. The summed E-state index contributed by atoms with van der Waals surface area (Å²) in [6.45, 7) is 8.51. The van der Waals surface area contributed by atoms with Gasteiger partial charge in [-0.25, -0.2) is 9.50 Å². The van der Waals surface area contributed by atoms with E-state index >= 15 is 0 Å². The molecular weight excluding hydrogens is 425 g/mol. The van der Waals surface area contributed by atoms with Crippen LogP contribution < -0.4 is 0 Å². The predicted molar refractivity (Wildman–Crippen MR) is 110 cm³/mol. The molecule has 0 radical (unpaired) electrons. The molecule has 2 heterocycles. The second kappa shape index (κ2) is 8.68. The third kappa shape index (κ3) is 4.79. The molecule has 0 N–H and O–H groups in total. The van der Waals surface area contributed by atoms with Crippen molar-refractivity contribution < 1.29 is 27.5 Å². The first-order valence-electron chi connectivity index (χ1n) is 9.95. The summed E-state index contributed by atoms with van der Waals surface area (Å²) < 4.78 is 44.8. The SMILES string of the molecule is Cc1cc(C)c(C(=O)COC(=O)CCc2c(C)nc3nc(C(F)(F)F)nn3c2C)cc1C. The van der Waals surface area contributed by atoms with Gasteiger partial charge in [-0.15, -0.1) is 5.10 Å². The highest BCUT2D eigenvalue weighted by molar-refractivity contribution is 5.99. The second-order valence-electron chi connectivity index (χ2n) is 7.74. The zero-order chi connectivity index (χ0) is 23.8. The van der Waals surface area contributed by atoms with Gasteiger partial charge in [-0.2, -0.15) is 18.2 Å². The standard InChI is InChI=1S/C22H23F3N4O3/c1-11-8-13(3)17(9-12(11)2)18(30)10-32-19(31)7-6-16-14(4)26-21-27-20(22(23,24)25)28-29(21)15(16)5/h8-9H,6-7,10H2,1-5H3. The molecule has 0 fully saturated rings. The van der Waals surface area contributed by atoms with Crippen molar-refractivity contribution in [3.8, 4) is 0 Å². The van der Waals surface area contributed by atoms with Crippen LogP contribution in [-0.4, -0.2) is 37.9 Å². The van der Waals surface area contributed by atoms with Crippen molar-refractivity contribution in [1.29, 1.82) is 0 Å². The number of nitrogens with zero attached hydrogens (tertiary/aromatic N) is 4. The highest BCUT2D eigenvalue weighted by Crippen LogP contribution is 2.27. The third-order valence-electron chi connectivity index (χ3n) is 5.39. The quantitative estimate of drug-likeness (QED) is 0.418. The number of ether oxygens (including phenoxy) is 1. The number of rotatable bonds is 6. The van der Waals surface area contributed by atoms with E-state index in [4.69, 9.17) is 4.74 Å². The van der Waals surface area contributed by atoms with E-state index in [2.05, 4.69) is 15.1 Å². The Bertz CT molecular complexity index is 1220. The molecule has 0 bridgehead atoms. The average Bonchev–Trinajstić information content (AvgIpc) is 3.13. The Hall–Kier alpha value is -3.30. The van der Waals surface area contributed by atoms with Crippen LogP contribution in [0, 0.1) is 34.6 Å². The maximum atomic E-state index is 12.9. The summed E-state index contributed by atoms with van der Waals surface area (Å²) in [5, 5.41) is 3.48. The van der Waals surface area contributed by atoms with E-state index in [0.717, 1.165) is 21.2 Å². The minimum absolute atomic E-state index is 0.0606. The Morgan fingerprint density at radius 1 is 1.00 bits per heavy atom. The molecular formula is C22H23F3N4O3. The van der Waals surface area contributed by atoms with Crippen LogP contribution >= 0.6 is 0 Å². The summed E-state index contributed by atoms with van der Waals surface area (Å²) in [6, 6.07) is 3.69. The number of alkyl halides is 3. The molecule has 32 heavy (non-hydrogen) atoms. The average molecular weight is 448 g/mol. The molecule has 0 aliphatic heterocycles. The van der Waals surface area contributed by atoms with Crippen LogP contribution in [0.2, 0.25) is 0 Å². The van der Waals surface area contributed by atoms with Gasteiger partial charge >= 0.3 is 12.1 Å². The molecule has 0 spiro atoms. The predicted octanol–water partition coefficient (Wildman–Crippen LogP) is 4.04. The fourth-order valence-electron chi connectivity index (χ4n) is 3.47. The maximum absolute atomic E-state index is 12.9. The molecule has 7 nitrogen and oxygen atoms in total. The zero-order valence-corrected chi connectivity index (χ0v) is 18.4. The van der Waals surface area contributed by atoms with E-state index in [-0.39, 0.29) is 31.0 Å². The maximum Gasteiger partial charge on any atom is 0.453 e. The van der Waals surface area contributed by atoms with E-state index in [0.29, 0.717) is 22.5 Å². The molecule has 1 aromatic carbocycles. The van der Waals surface area contributed by atoms with Crippen molar-refractivity contribution in [2.45, 2.75) is 53.6 Å². The first-order valence-corrected chi connectivity index (χ1v) is 9.95. The lowest BCUT2D eigenvalue weighted by atomic mass is 9.98. The third-order valence-corrected chi connectivity index (χ3v) is 5.39. The van der Waals surface area contributed by atoms with Gasteiger partial charge in [0, 0.05) is 23.4 Å². The van der Waals surface area contributed by atoms with Crippen LogP contribution in [0.1, 0.15) is 56.2 Å². The molecule has 3 aromatic rings. The smallest absolute Gasteiger partial charge is 0.453 e. The van der Waals surface area contributed by atoms with Crippen molar-refractivity contribution in [2.24, 2.45) is 0 Å². The molecule has 2 aromatic heterocycles. The van der Waals surface area contributed by atoms with Crippen LogP contribution in [0.25, 0.3) is 5.78 Å². The molecule has 0 saturated carbocycles. The largest absolute Gasteiger partial charge is 0.457 e. The number of Topliss-reactive ketones (excluding diaryl/α,β-unsaturated/α-hetero) is 1. The summed E-state index contributed by atoms with van der Waals surface area (Å²) in [5.74, 6) is -2.32. The molecule has 3 rings (SSSR count). The topological polar surface area (TPSA) is 86.5 Å². The number of aromatic nitrogens is 4. The van der Waals surface area contributed by atoms with Gasteiger partial charge in [0.25, 0.3) is 11.6 Å². The Kier molecular flexibility index (Phi) is 6.34. The lowest BCUT2D eigenvalue weighted by Gasteiger charge is -2.11. The van der Waals surface area contributed by atoms with Gasteiger partial charge in [-0.3, -0.25) is 9.59 Å². The van der Waals surface area contributed by atoms with Gasteiger partial charge in [0.15, 0.2) is 6.61 Å². The Labute approximate surface area is 182 Å². The lowest BCUT2D eigenvalue weighted by Crippen LogP contribution is -2.16. The minimum Gasteiger partial charge on any atom is -0.457 e. The van der Waals surface area contributed by atoms with E-state index in [1.165, 1.54) is 0 Å². The Balaban J connectivity index is 1.67.